The summed E-state index contributed by atoms with van der Waals surface area (Å²) >= 11 is 0. The maximum absolute atomic E-state index is 13.9. The smallest absolute Gasteiger partial charge is 0.387 e. The molecule has 1 aromatic heterocycles. The van der Waals surface area contributed by atoms with Crippen molar-refractivity contribution in [1.82, 2.24) is 20.1 Å². The summed E-state index contributed by atoms with van der Waals surface area (Å²) in [5, 5.41) is 13.7. The monoisotopic (exact) mass is 642 g/mol. The van der Waals surface area contributed by atoms with Crippen molar-refractivity contribution in [2.75, 3.05) is 45.8 Å². The zero-order valence-corrected chi connectivity index (χ0v) is 25.1. The van der Waals surface area contributed by atoms with Crippen molar-refractivity contribution in [2.45, 2.75) is 30.9 Å². The Kier molecular flexibility index (Phi) is 10.8. The van der Waals surface area contributed by atoms with Crippen LogP contribution in [0.4, 0.5) is 26.3 Å². The third-order valence-corrected chi connectivity index (χ3v) is 8.23. The average Bonchev–Trinajstić information content (AvgIpc) is 3.05. The Hall–Kier alpha value is -3.77. The Morgan fingerprint density at radius 3 is 1.85 bits per heavy atom. The van der Waals surface area contributed by atoms with Gasteiger partial charge in [0.1, 0.15) is 0 Å². The molecule has 46 heavy (non-hydrogen) atoms. The van der Waals surface area contributed by atoms with Gasteiger partial charge in [0, 0.05) is 43.9 Å². The summed E-state index contributed by atoms with van der Waals surface area (Å²) in [6, 6.07) is 27.2. The molecule has 1 aliphatic heterocycles. The van der Waals surface area contributed by atoms with Crippen LogP contribution < -0.4 is 5.32 Å². The van der Waals surface area contributed by atoms with E-state index in [4.69, 9.17) is 0 Å². The molecule has 1 atom stereocenters. The molecule has 1 saturated heterocycles. The fraction of sp³-hybridized carbons (Fsp3) is 0.343. The molecule has 0 unspecified atom stereocenters. The Bertz CT molecular complexity index is 1480. The van der Waals surface area contributed by atoms with Gasteiger partial charge in [-0.15, -0.1) is 0 Å². The zero-order valence-electron chi connectivity index (χ0n) is 25.1. The molecule has 11 heteroatoms. The van der Waals surface area contributed by atoms with Crippen LogP contribution in [0.15, 0.2) is 97.1 Å². The molecule has 3 aromatic carbocycles. The first-order chi connectivity index (χ1) is 22.0. The average molecular weight is 643 g/mol. The molecule has 0 radical (unpaired) electrons. The van der Waals surface area contributed by atoms with Crippen LogP contribution >= 0.6 is 0 Å². The minimum absolute atomic E-state index is 0.103. The van der Waals surface area contributed by atoms with Gasteiger partial charge in [0.15, 0.2) is 5.69 Å². The Labute approximate surface area is 264 Å². The summed E-state index contributed by atoms with van der Waals surface area (Å²) < 4.78 is 80.3. The highest BCUT2D eigenvalue weighted by Gasteiger charge is 2.37. The second-order valence-corrected chi connectivity index (χ2v) is 11.4. The molecule has 0 aliphatic carbocycles. The van der Waals surface area contributed by atoms with Gasteiger partial charge in [0.05, 0.1) is 23.4 Å². The summed E-state index contributed by atoms with van der Waals surface area (Å²) in [4.78, 5) is 8.54. The number of pyridine rings is 1. The van der Waals surface area contributed by atoms with Crippen LogP contribution in [-0.2, 0) is 12.4 Å². The first-order valence-electron chi connectivity index (χ1n) is 15.2. The number of aliphatic hydroxyl groups excluding tert-OH is 1. The molecule has 1 aliphatic rings. The summed E-state index contributed by atoms with van der Waals surface area (Å²) in [6.45, 7) is 4.80. The number of halogens is 6. The van der Waals surface area contributed by atoms with Crippen LogP contribution in [0.5, 0.6) is 0 Å². The first-order valence-corrected chi connectivity index (χ1v) is 15.2. The van der Waals surface area contributed by atoms with E-state index < -0.39 is 35.3 Å². The Morgan fingerprint density at radius 2 is 1.30 bits per heavy atom. The minimum Gasteiger partial charge on any atom is -0.387 e. The number of nitrogens with one attached hydrogen (secondary N) is 1. The van der Waals surface area contributed by atoms with Crippen molar-refractivity contribution < 1.29 is 31.4 Å². The molecule has 0 saturated carbocycles. The van der Waals surface area contributed by atoms with Gasteiger partial charge in [0.2, 0.25) is 0 Å². The SMILES string of the molecule is O[C@@H](CNCCCN1CCN(C(c2ccccc2)c2ccccc2)CC1)c1ccc(-c2ccc(C(F)(F)F)cc2)nc1C(F)(F)F. The van der Waals surface area contributed by atoms with Crippen LogP contribution in [0.3, 0.4) is 0 Å². The number of piperazine rings is 1. The number of hydrogen-bond acceptors (Lipinski definition) is 5. The molecule has 0 bridgehead atoms. The van der Waals surface area contributed by atoms with Crippen molar-refractivity contribution in [3.63, 3.8) is 0 Å². The van der Waals surface area contributed by atoms with E-state index in [1.165, 1.54) is 17.2 Å². The maximum Gasteiger partial charge on any atom is 0.433 e. The number of aromatic nitrogens is 1. The van der Waals surface area contributed by atoms with Gasteiger partial charge >= 0.3 is 12.4 Å². The molecule has 0 amide bonds. The lowest BCUT2D eigenvalue weighted by atomic mass is 9.96. The summed E-state index contributed by atoms with van der Waals surface area (Å²) in [5.74, 6) is 0. The van der Waals surface area contributed by atoms with Crippen molar-refractivity contribution >= 4 is 0 Å². The normalized spacial score (nSPS) is 15.7. The standard InChI is InChI=1S/C35H36F6N4O/c36-34(37,38)28-14-12-25(13-15-28)30-17-16-29(33(43-30)35(39,40)41)31(46)24-42-18-7-19-44-20-22-45(23-21-44)32(26-8-3-1-4-9-26)27-10-5-2-6-11-27/h1-6,8-17,31-32,42,46H,7,18-24H2/t31-/m0/s1. The molecule has 5 rings (SSSR count). The van der Waals surface area contributed by atoms with E-state index in [0.29, 0.717) is 6.54 Å². The fourth-order valence-electron chi connectivity index (χ4n) is 5.86. The molecule has 2 N–H and O–H groups in total. The van der Waals surface area contributed by atoms with Gasteiger partial charge in [-0.05, 0) is 48.8 Å². The third kappa shape index (κ3) is 8.52. The fourth-order valence-corrected chi connectivity index (χ4v) is 5.86. The molecular formula is C35H36F6N4O. The number of aliphatic hydroxyl groups is 1. The van der Waals surface area contributed by atoms with Gasteiger partial charge in [-0.1, -0.05) is 78.9 Å². The van der Waals surface area contributed by atoms with E-state index in [9.17, 15) is 31.4 Å². The van der Waals surface area contributed by atoms with Gasteiger partial charge in [-0.2, -0.15) is 26.3 Å². The number of nitrogens with zero attached hydrogens (tertiary/aromatic N) is 3. The first kappa shape index (κ1) is 33.6. The molecule has 5 nitrogen and oxygen atoms in total. The quantitative estimate of drug-likeness (QED) is 0.134. The van der Waals surface area contributed by atoms with Crippen LogP contribution in [0.25, 0.3) is 11.3 Å². The van der Waals surface area contributed by atoms with Crippen LogP contribution in [0.1, 0.15) is 46.5 Å². The summed E-state index contributed by atoms with van der Waals surface area (Å²) in [6.07, 6.45) is -10.1. The largest absolute Gasteiger partial charge is 0.433 e. The molecule has 4 aromatic rings. The lowest BCUT2D eigenvalue weighted by Gasteiger charge is -2.40. The Morgan fingerprint density at radius 1 is 0.717 bits per heavy atom. The lowest BCUT2D eigenvalue weighted by molar-refractivity contribution is -0.142. The van der Waals surface area contributed by atoms with Crippen LogP contribution in [-0.4, -0.2) is 65.7 Å². The van der Waals surface area contributed by atoms with E-state index in [2.05, 4.69) is 68.6 Å². The van der Waals surface area contributed by atoms with Crippen molar-refractivity contribution in [2.24, 2.45) is 0 Å². The van der Waals surface area contributed by atoms with Crippen LogP contribution in [0.2, 0.25) is 0 Å². The third-order valence-electron chi connectivity index (χ3n) is 8.23. The summed E-state index contributed by atoms with van der Waals surface area (Å²) in [7, 11) is 0. The number of rotatable bonds is 11. The second-order valence-electron chi connectivity index (χ2n) is 11.4. The number of hydrogen-bond donors (Lipinski definition) is 2. The molecule has 2 heterocycles. The topological polar surface area (TPSA) is 51.6 Å². The predicted molar refractivity (Wildman–Crippen MR) is 165 cm³/mol. The number of benzene rings is 3. The predicted octanol–water partition coefficient (Wildman–Crippen LogP) is 7.21. The lowest BCUT2D eigenvalue weighted by Crippen LogP contribution is -2.48. The highest BCUT2D eigenvalue weighted by molar-refractivity contribution is 5.60. The van der Waals surface area contributed by atoms with Crippen molar-refractivity contribution in [1.29, 1.82) is 0 Å². The molecular weight excluding hydrogens is 606 g/mol. The molecule has 244 valence electrons. The van der Waals surface area contributed by atoms with Crippen molar-refractivity contribution in [3.05, 3.63) is 125 Å². The van der Waals surface area contributed by atoms with Gasteiger partial charge in [0.25, 0.3) is 0 Å². The van der Waals surface area contributed by atoms with Crippen molar-refractivity contribution in [3.8, 4) is 11.3 Å². The van der Waals surface area contributed by atoms with Crippen LogP contribution in [0, 0.1) is 0 Å². The number of alkyl halides is 6. The van der Waals surface area contributed by atoms with E-state index >= 15 is 0 Å². The highest BCUT2D eigenvalue weighted by Crippen LogP contribution is 2.36. The maximum atomic E-state index is 13.9. The van der Waals surface area contributed by atoms with E-state index in [-0.39, 0.29) is 23.8 Å². The minimum atomic E-state index is -4.86. The van der Waals surface area contributed by atoms with Gasteiger partial charge in [-0.3, -0.25) is 4.90 Å². The van der Waals surface area contributed by atoms with E-state index in [0.717, 1.165) is 69.5 Å². The molecule has 1 fully saturated rings. The second kappa shape index (κ2) is 14.8. The van der Waals surface area contributed by atoms with Gasteiger partial charge in [-0.25, -0.2) is 4.98 Å². The zero-order chi connectivity index (χ0) is 32.7. The molecule has 0 spiro atoms. The van der Waals surface area contributed by atoms with Gasteiger partial charge < -0.3 is 15.3 Å². The van der Waals surface area contributed by atoms with E-state index in [1.54, 1.807) is 0 Å². The highest BCUT2D eigenvalue weighted by atomic mass is 19.4. The summed E-state index contributed by atoms with van der Waals surface area (Å²) in [5.41, 5.74) is -0.0870. The van der Waals surface area contributed by atoms with E-state index in [1.807, 2.05) is 12.1 Å². The Balaban J connectivity index is 1.11.